The van der Waals surface area contributed by atoms with Crippen molar-refractivity contribution in [2.24, 2.45) is 0 Å². The van der Waals surface area contributed by atoms with Gasteiger partial charge in [-0.15, -0.1) is 0 Å². The highest BCUT2D eigenvalue weighted by atomic mass is 32.2. The summed E-state index contributed by atoms with van der Waals surface area (Å²) in [7, 11) is 0. The Hall–Kier alpha value is -2.81. The van der Waals surface area contributed by atoms with Gasteiger partial charge in [0.25, 0.3) is 5.78 Å². The Labute approximate surface area is 145 Å². The second-order valence-electron chi connectivity index (χ2n) is 4.87. The lowest BCUT2D eigenvalue weighted by molar-refractivity contribution is -0.141. The van der Waals surface area contributed by atoms with Gasteiger partial charge in [0.15, 0.2) is 5.69 Å². The zero-order chi connectivity index (χ0) is 19.1. The number of nitrogens with zero attached hydrogens (tertiary/aromatic N) is 5. The smallest absolute Gasteiger partial charge is 0.206 e. The van der Waals surface area contributed by atoms with E-state index >= 15 is 0 Å². The third-order valence-corrected chi connectivity index (χ3v) is 4.14. The third-order valence-electron chi connectivity index (χ3n) is 3.15. The van der Waals surface area contributed by atoms with E-state index in [4.69, 9.17) is 5.26 Å². The zero-order valence-corrected chi connectivity index (χ0v) is 13.1. The number of nitriles is 1. The minimum Gasteiger partial charge on any atom is -0.206 e. The van der Waals surface area contributed by atoms with Gasteiger partial charge in [-0.25, -0.2) is 4.98 Å². The van der Waals surface area contributed by atoms with Gasteiger partial charge in [0.05, 0.1) is 17.2 Å². The van der Waals surface area contributed by atoms with Crippen molar-refractivity contribution in [1.82, 2.24) is 19.6 Å². The fraction of sp³-hybridized carbons (Fsp3) is 0.143. The maximum atomic E-state index is 13.0. The Morgan fingerprint density at radius 3 is 2.38 bits per heavy atom. The predicted octanol–water partition coefficient (Wildman–Crippen LogP) is 4.18. The first kappa shape index (κ1) is 18.0. The predicted molar refractivity (Wildman–Crippen MR) is 76.1 cm³/mol. The first-order valence-corrected chi connectivity index (χ1v) is 7.48. The van der Waals surface area contributed by atoms with Crippen molar-refractivity contribution in [3.8, 4) is 6.07 Å². The molecule has 0 amide bonds. The summed E-state index contributed by atoms with van der Waals surface area (Å²) in [5.41, 5.74) is -3.01. The van der Waals surface area contributed by atoms with E-state index in [2.05, 4.69) is 15.1 Å². The van der Waals surface area contributed by atoms with E-state index in [1.54, 1.807) is 0 Å². The molecule has 2 aromatic heterocycles. The highest BCUT2D eigenvalue weighted by molar-refractivity contribution is 7.99. The van der Waals surface area contributed by atoms with E-state index in [-0.39, 0.29) is 15.7 Å². The molecule has 134 valence electrons. The Bertz CT molecular complexity index is 1020. The first-order chi connectivity index (χ1) is 12.1. The molecule has 1 aromatic carbocycles. The Balaban J connectivity index is 2.10. The average molecular weight is 389 g/mol. The molecule has 0 aliphatic carbocycles. The minimum absolute atomic E-state index is 0.0209. The number of rotatable bonds is 2. The molecule has 0 unspecified atom stereocenters. The summed E-state index contributed by atoms with van der Waals surface area (Å²) in [6.07, 6.45) is -8.56. The summed E-state index contributed by atoms with van der Waals surface area (Å²) in [5, 5.41) is 12.4. The van der Waals surface area contributed by atoms with Crippen molar-refractivity contribution in [2.75, 3.05) is 0 Å². The van der Waals surface area contributed by atoms with E-state index in [1.807, 2.05) is 0 Å². The van der Waals surface area contributed by atoms with E-state index in [0.717, 1.165) is 16.9 Å². The van der Waals surface area contributed by atoms with Gasteiger partial charge in [-0.05, 0) is 18.2 Å². The molecule has 0 saturated heterocycles. The van der Waals surface area contributed by atoms with Gasteiger partial charge in [-0.2, -0.15) is 46.2 Å². The summed E-state index contributed by atoms with van der Waals surface area (Å²) in [6, 6.07) is 4.95. The fourth-order valence-corrected chi connectivity index (χ4v) is 2.98. The van der Waals surface area contributed by atoms with Crippen LogP contribution in [-0.4, -0.2) is 19.6 Å². The molecule has 12 heteroatoms. The molecular formula is C14H5F6N5S. The molecule has 5 nitrogen and oxygen atoms in total. The molecule has 3 aromatic rings. The van der Waals surface area contributed by atoms with Gasteiger partial charge >= 0.3 is 12.4 Å². The summed E-state index contributed by atoms with van der Waals surface area (Å²) in [6.45, 7) is 0. The molecular weight excluding hydrogens is 384 g/mol. The van der Waals surface area contributed by atoms with Crippen molar-refractivity contribution in [3.05, 3.63) is 47.4 Å². The van der Waals surface area contributed by atoms with Crippen molar-refractivity contribution < 1.29 is 26.3 Å². The van der Waals surface area contributed by atoms with Gasteiger partial charge in [0, 0.05) is 11.0 Å². The lowest BCUT2D eigenvalue weighted by Crippen LogP contribution is -2.11. The number of benzene rings is 1. The molecule has 26 heavy (non-hydrogen) atoms. The van der Waals surface area contributed by atoms with Crippen LogP contribution in [0.25, 0.3) is 5.78 Å². The zero-order valence-electron chi connectivity index (χ0n) is 12.3. The molecule has 0 radical (unpaired) electrons. The van der Waals surface area contributed by atoms with E-state index in [1.165, 1.54) is 12.1 Å². The van der Waals surface area contributed by atoms with Crippen molar-refractivity contribution >= 4 is 17.5 Å². The molecule has 0 saturated carbocycles. The Morgan fingerprint density at radius 2 is 1.77 bits per heavy atom. The average Bonchev–Trinajstić information content (AvgIpc) is 3.02. The number of aromatic nitrogens is 4. The van der Waals surface area contributed by atoms with Gasteiger partial charge in [-0.1, -0.05) is 11.8 Å². The fourth-order valence-electron chi connectivity index (χ4n) is 2.04. The highest BCUT2D eigenvalue weighted by Gasteiger charge is 2.35. The van der Waals surface area contributed by atoms with E-state index in [0.29, 0.717) is 23.9 Å². The van der Waals surface area contributed by atoms with Gasteiger partial charge in [0.2, 0.25) is 0 Å². The van der Waals surface area contributed by atoms with Crippen molar-refractivity contribution in [2.45, 2.75) is 22.3 Å². The normalized spacial score (nSPS) is 12.3. The highest BCUT2D eigenvalue weighted by Crippen LogP contribution is 2.37. The molecule has 0 spiro atoms. The minimum atomic E-state index is -4.78. The Kier molecular flexibility index (Phi) is 4.27. The Morgan fingerprint density at radius 1 is 1.04 bits per heavy atom. The van der Waals surface area contributed by atoms with Crippen molar-refractivity contribution in [1.29, 1.82) is 5.26 Å². The molecule has 2 heterocycles. The van der Waals surface area contributed by atoms with Gasteiger partial charge in [-0.3, -0.25) is 0 Å². The summed E-state index contributed by atoms with van der Waals surface area (Å²) >= 11 is 0.613. The molecule has 0 N–H and O–H groups in total. The molecule has 0 bridgehead atoms. The van der Waals surface area contributed by atoms with Gasteiger partial charge < -0.3 is 0 Å². The summed E-state index contributed by atoms with van der Waals surface area (Å²) in [5.74, 6) is -0.341. The molecule has 0 atom stereocenters. The lowest BCUT2D eigenvalue weighted by Gasteiger charge is -2.12. The third kappa shape index (κ3) is 3.43. The molecule has 0 aliphatic heterocycles. The topological polar surface area (TPSA) is 66.9 Å². The monoisotopic (exact) mass is 389 g/mol. The second kappa shape index (κ2) is 6.17. The number of halogens is 6. The lowest BCUT2D eigenvalue weighted by atomic mass is 10.1. The van der Waals surface area contributed by atoms with Crippen LogP contribution in [0.3, 0.4) is 0 Å². The SMILES string of the molecule is N#Cc1ccc(Sc2cc(C(F)(F)F)nc3ncnn23)cc1C(F)(F)F. The van der Waals surface area contributed by atoms with E-state index in [9.17, 15) is 26.3 Å². The van der Waals surface area contributed by atoms with Crippen LogP contribution in [0.15, 0.2) is 40.5 Å². The standard InChI is InChI=1S/C14H5F6N5S/c15-13(16,17)9-3-8(2-1-7(9)5-21)26-11-4-10(14(18,19)20)24-12-22-6-23-25(11)12/h1-4,6H. The summed E-state index contributed by atoms with van der Waals surface area (Å²) < 4.78 is 78.9. The number of hydrogen-bond acceptors (Lipinski definition) is 5. The molecule has 0 fully saturated rings. The second-order valence-corrected chi connectivity index (χ2v) is 5.96. The quantitative estimate of drug-likeness (QED) is 0.486. The summed E-state index contributed by atoms with van der Waals surface area (Å²) in [4.78, 5) is 6.88. The van der Waals surface area contributed by atoms with Crippen LogP contribution in [0, 0.1) is 11.3 Å². The van der Waals surface area contributed by atoms with Crippen LogP contribution in [0.5, 0.6) is 0 Å². The van der Waals surface area contributed by atoms with Crippen LogP contribution in [0.4, 0.5) is 26.3 Å². The maximum Gasteiger partial charge on any atom is 0.433 e. The number of fused-ring (bicyclic) bond motifs is 1. The first-order valence-electron chi connectivity index (χ1n) is 6.67. The molecule has 0 aliphatic rings. The number of hydrogen-bond donors (Lipinski definition) is 0. The largest absolute Gasteiger partial charge is 0.433 e. The molecule has 3 rings (SSSR count). The van der Waals surface area contributed by atoms with E-state index < -0.39 is 29.2 Å². The van der Waals surface area contributed by atoms with Crippen LogP contribution >= 0.6 is 11.8 Å². The van der Waals surface area contributed by atoms with Crippen molar-refractivity contribution in [3.63, 3.8) is 0 Å². The maximum absolute atomic E-state index is 13.0. The van der Waals surface area contributed by atoms with Crippen LogP contribution in [0.1, 0.15) is 16.8 Å². The van der Waals surface area contributed by atoms with Crippen LogP contribution in [-0.2, 0) is 12.4 Å². The number of alkyl halides is 6. The van der Waals surface area contributed by atoms with Crippen LogP contribution < -0.4 is 0 Å². The van der Waals surface area contributed by atoms with Gasteiger partial charge in [0.1, 0.15) is 11.4 Å². The van der Waals surface area contributed by atoms with Crippen LogP contribution in [0.2, 0.25) is 0 Å².